The molecule has 116 valence electrons. The van der Waals surface area contributed by atoms with E-state index in [9.17, 15) is 5.11 Å². The highest BCUT2D eigenvalue weighted by Gasteiger charge is 2.31. The summed E-state index contributed by atoms with van der Waals surface area (Å²) in [7, 11) is 0. The molecule has 0 fully saturated rings. The molecule has 3 heterocycles. The van der Waals surface area contributed by atoms with Gasteiger partial charge in [-0.1, -0.05) is 17.3 Å². The SMILES string of the molecule is Cc1noc(CN2CC(O)=C(c3nc4ccccc4[nH]3)C2=N)n1. The van der Waals surface area contributed by atoms with Crippen LogP contribution in [0.15, 0.2) is 34.5 Å². The van der Waals surface area contributed by atoms with Crippen LogP contribution in [0.5, 0.6) is 0 Å². The molecule has 3 N–H and O–H groups in total. The Balaban J connectivity index is 1.63. The van der Waals surface area contributed by atoms with E-state index in [0.717, 1.165) is 11.0 Å². The van der Waals surface area contributed by atoms with Crippen LogP contribution in [0.25, 0.3) is 16.6 Å². The fraction of sp³-hybridized carbons (Fsp3) is 0.200. The number of nitrogens with one attached hydrogen (secondary N) is 2. The maximum absolute atomic E-state index is 10.3. The van der Waals surface area contributed by atoms with E-state index in [1.54, 1.807) is 11.8 Å². The Morgan fingerprint density at radius 1 is 1.35 bits per heavy atom. The summed E-state index contributed by atoms with van der Waals surface area (Å²) in [5, 5.41) is 22.3. The zero-order chi connectivity index (χ0) is 16.0. The van der Waals surface area contributed by atoms with Crippen molar-refractivity contribution in [3.8, 4) is 0 Å². The molecule has 0 radical (unpaired) electrons. The van der Waals surface area contributed by atoms with Crippen LogP contribution in [-0.4, -0.2) is 42.5 Å². The summed E-state index contributed by atoms with van der Waals surface area (Å²) < 4.78 is 5.08. The second kappa shape index (κ2) is 4.94. The van der Waals surface area contributed by atoms with Crippen molar-refractivity contribution in [2.45, 2.75) is 13.5 Å². The van der Waals surface area contributed by atoms with Gasteiger partial charge in [-0.05, 0) is 19.1 Å². The molecule has 0 bridgehead atoms. The van der Waals surface area contributed by atoms with Crippen molar-refractivity contribution in [3.63, 3.8) is 0 Å². The van der Waals surface area contributed by atoms with Gasteiger partial charge in [-0.25, -0.2) is 4.98 Å². The van der Waals surface area contributed by atoms with Gasteiger partial charge in [0.2, 0.25) is 5.89 Å². The Labute approximate surface area is 131 Å². The quantitative estimate of drug-likeness (QED) is 0.681. The molecule has 0 saturated carbocycles. The molecule has 8 heteroatoms. The van der Waals surface area contributed by atoms with Gasteiger partial charge >= 0.3 is 0 Å². The van der Waals surface area contributed by atoms with Gasteiger partial charge in [0, 0.05) is 0 Å². The molecule has 1 aliphatic heterocycles. The monoisotopic (exact) mass is 310 g/mol. The van der Waals surface area contributed by atoms with Crippen LogP contribution >= 0.6 is 0 Å². The fourth-order valence-electron chi connectivity index (χ4n) is 2.66. The molecule has 0 spiro atoms. The Morgan fingerprint density at radius 2 is 2.17 bits per heavy atom. The number of aryl methyl sites for hydroxylation is 1. The maximum Gasteiger partial charge on any atom is 0.246 e. The molecule has 0 atom stereocenters. The van der Waals surface area contributed by atoms with Gasteiger partial charge in [-0.15, -0.1) is 0 Å². The molecule has 0 aliphatic carbocycles. The summed E-state index contributed by atoms with van der Waals surface area (Å²) >= 11 is 0. The first-order chi connectivity index (χ1) is 11.1. The Morgan fingerprint density at radius 3 is 2.91 bits per heavy atom. The molecule has 3 aromatic rings. The van der Waals surface area contributed by atoms with Gasteiger partial charge in [-0.3, -0.25) is 5.41 Å². The molecule has 1 aliphatic rings. The van der Waals surface area contributed by atoms with E-state index < -0.39 is 0 Å². The molecule has 2 aromatic heterocycles. The first kappa shape index (κ1) is 13.5. The number of para-hydroxylation sites is 2. The number of hydrogen-bond donors (Lipinski definition) is 3. The number of aliphatic hydroxyl groups excluding tert-OH is 1. The highest BCUT2D eigenvalue weighted by molar-refractivity contribution is 6.23. The standard InChI is InChI=1S/C15H14N6O2/c1-8-17-12(23-20-8)7-21-6-11(22)13(14(21)16)15-18-9-4-2-3-5-10(9)19-15/h2-5,16,22H,6-7H2,1H3,(H,18,19). The number of aliphatic hydroxyl groups is 1. The van der Waals surface area contributed by atoms with Crippen LogP contribution in [-0.2, 0) is 6.54 Å². The molecular formula is C15H14N6O2. The van der Waals surface area contributed by atoms with Crippen molar-refractivity contribution < 1.29 is 9.63 Å². The van der Waals surface area contributed by atoms with E-state index in [0.29, 0.717) is 23.1 Å². The topological polar surface area (TPSA) is 115 Å². The largest absolute Gasteiger partial charge is 0.510 e. The van der Waals surface area contributed by atoms with E-state index in [4.69, 9.17) is 9.93 Å². The minimum absolute atomic E-state index is 0.102. The van der Waals surface area contributed by atoms with Crippen molar-refractivity contribution in [2.75, 3.05) is 6.54 Å². The number of nitrogens with zero attached hydrogens (tertiary/aromatic N) is 4. The molecule has 1 aromatic carbocycles. The van der Waals surface area contributed by atoms with Crippen molar-refractivity contribution in [1.82, 2.24) is 25.0 Å². The number of fused-ring (bicyclic) bond motifs is 1. The summed E-state index contributed by atoms with van der Waals surface area (Å²) in [5.41, 5.74) is 2.06. The van der Waals surface area contributed by atoms with Crippen LogP contribution in [0.3, 0.4) is 0 Å². The molecule has 23 heavy (non-hydrogen) atoms. The van der Waals surface area contributed by atoms with Gasteiger partial charge in [0.05, 0.1) is 29.7 Å². The van der Waals surface area contributed by atoms with E-state index in [2.05, 4.69) is 20.1 Å². The fourth-order valence-corrected chi connectivity index (χ4v) is 2.66. The normalized spacial score (nSPS) is 15.2. The number of imidazole rings is 1. The van der Waals surface area contributed by atoms with Gasteiger partial charge in [0.25, 0.3) is 0 Å². The van der Waals surface area contributed by atoms with Gasteiger partial charge in [0.1, 0.15) is 17.4 Å². The lowest BCUT2D eigenvalue weighted by Crippen LogP contribution is -2.26. The van der Waals surface area contributed by atoms with E-state index >= 15 is 0 Å². The average molecular weight is 310 g/mol. The zero-order valence-corrected chi connectivity index (χ0v) is 12.4. The first-order valence-electron chi connectivity index (χ1n) is 7.12. The molecule has 4 rings (SSSR count). The smallest absolute Gasteiger partial charge is 0.246 e. The Kier molecular flexibility index (Phi) is 2.90. The van der Waals surface area contributed by atoms with E-state index in [-0.39, 0.29) is 24.7 Å². The highest BCUT2D eigenvalue weighted by Crippen LogP contribution is 2.27. The van der Waals surface area contributed by atoms with Crippen LogP contribution in [0.1, 0.15) is 17.5 Å². The lowest BCUT2D eigenvalue weighted by Gasteiger charge is -2.15. The highest BCUT2D eigenvalue weighted by atomic mass is 16.5. The third-order valence-electron chi connectivity index (χ3n) is 3.70. The molecule has 8 nitrogen and oxygen atoms in total. The summed E-state index contributed by atoms with van der Waals surface area (Å²) in [6.07, 6.45) is 0. The van der Waals surface area contributed by atoms with Crippen LogP contribution < -0.4 is 0 Å². The zero-order valence-electron chi connectivity index (χ0n) is 12.4. The third-order valence-corrected chi connectivity index (χ3v) is 3.70. The lowest BCUT2D eigenvalue weighted by atomic mass is 10.2. The lowest BCUT2D eigenvalue weighted by molar-refractivity contribution is 0.300. The predicted octanol–water partition coefficient (Wildman–Crippen LogP) is 2.02. The second-order valence-corrected chi connectivity index (χ2v) is 5.36. The minimum atomic E-state index is 0.102. The number of hydrogen-bond acceptors (Lipinski definition) is 6. The summed E-state index contributed by atoms with van der Waals surface area (Å²) in [6.45, 7) is 2.22. The number of benzene rings is 1. The van der Waals surface area contributed by atoms with Gasteiger partial charge in [-0.2, -0.15) is 4.98 Å². The maximum atomic E-state index is 10.3. The van der Waals surface area contributed by atoms with Crippen LogP contribution in [0.4, 0.5) is 0 Å². The summed E-state index contributed by atoms with van der Waals surface area (Å²) in [6, 6.07) is 7.58. The number of aromatic amines is 1. The molecular weight excluding hydrogens is 296 g/mol. The summed E-state index contributed by atoms with van der Waals surface area (Å²) in [4.78, 5) is 13.4. The number of rotatable bonds is 3. The molecule has 0 saturated heterocycles. The van der Waals surface area contributed by atoms with Gasteiger partial charge < -0.3 is 19.5 Å². The molecule has 0 amide bonds. The van der Waals surface area contributed by atoms with Crippen molar-refractivity contribution in [2.24, 2.45) is 0 Å². The first-order valence-corrected chi connectivity index (χ1v) is 7.12. The third kappa shape index (κ3) is 2.24. The second-order valence-electron chi connectivity index (χ2n) is 5.36. The van der Waals surface area contributed by atoms with Crippen molar-refractivity contribution >= 4 is 22.4 Å². The average Bonchev–Trinajstić information content (AvgIpc) is 3.18. The molecule has 0 unspecified atom stereocenters. The van der Waals surface area contributed by atoms with Crippen LogP contribution in [0, 0.1) is 12.3 Å². The van der Waals surface area contributed by atoms with Crippen molar-refractivity contribution in [3.05, 3.63) is 47.6 Å². The summed E-state index contributed by atoms with van der Waals surface area (Å²) in [5.74, 6) is 1.71. The predicted molar refractivity (Wildman–Crippen MR) is 82.8 cm³/mol. The number of aromatic nitrogens is 4. The minimum Gasteiger partial charge on any atom is -0.510 e. The van der Waals surface area contributed by atoms with E-state index in [1.165, 1.54) is 0 Å². The Hall–Kier alpha value is -3.16. The van der Waals surface area contributed by atoms with Crippen LogP contribution in [0.2, 0.25) is 0 Å². The van der Waals surface area contributed by atoms with Crippen molar-refractivity contribution in [1.29, 1.82) is 5.41 Å². The van der Waals surface area contributed by atoms with E-state index in [1.807, 2.05) is 24.3 Å². The van der Waals surface area contributed by atoms with Gasteiger partial charge in [0.15, 0.2) is 5.82 Å². The Bertz CT molecular complexity index is 905. The number of amidine groups is 1. The number of H-pyrrole nitrogens is 1.